The number of carbonyl (C=O) groups is 1. The zero-order chi connectivity index (χ0) is 23.0. The third kappa shape index (κ3) is 5.92. The zero-order valence-corrected chi connectivity index (χ0v) is 20.2. The Morgan fingerprint density at radius 1 is 1.25 bits per heavy atom. The van der Waals surface area contributed by atoms with Gasteiger partial charge in [0.1, 0.15) is 0 Å². The van der Waals surface area contributed by atoms with Crippen LogP contribution in [0.2, 0.25) is 0 Å². The molecule has 2 saturated carbocycles. The van der Waals surface area contributed by atoms with E-state index in [0.717, 1.165) is 64.2 Å². The number of nitriles is 1. The predicted molar refractivity (Wildman–Crippen MR) is 126 cm³/mol. The molecule has 0 bridgehead atoms. The molecule has 3 rings (SSSR count). The van der Waals surface area contributed by atoms with Crippen LogP contribution >= 0.6 is 11.3 Å². The van der Waals surface area contributed by atoms with Crippen LogP contribution < -0.4 is 0 Å². The lowest BCUT2D eigenvalue weighted by atomic mass is 9.63. The minimum absolute atomic E-state index is 0.0543. The lowest BCUT2D eigenvalue weighted by Crippen LogP contribution is -2.45. The van der Waals surface area contributed by atoms with Gasteiger partial charge >= 0.3 is 5.97 Å². The Kier molecular flexibility index (Phi) is 9.58. The molecule has 1 aromatic rings. The Morgan fingerprint density at radius 3 is 2.62 bits per heavy atom. The second kappa shape index (κ2) is 12.2. The molecule has 1 aromatic heterocycles. The second-order valence-electron chi connectivity index (χ2n) is 9.83. The smallest absolute Gasteiger partial charge is 0.305 e. The molecule has 0 saturated heterocycles. The fourth-order valence-corrected chi connectivity index (χ4v) is 6.99. The highest BCUT2D eigenvalue weighted by Gasteiger charge is 2.46. The monoisotopic (exact) mass is 461 g/mol. The summed E-state index contributed by atoms with van der Waals surface area (Å²) in [7, 11) is 1.42. The standard InChI is InChI=1S/C26H39NO4S/c1-31-25(30)13-5-3-2-4-9-20-19(18-27)17-22(28)21(20)10-6-11-23(29)26(14-8-15-26)24-12-7-16-32-24/h7,12,16,19-23,28-29H,2-6,8-11,13-15,17H2,1H3/t19?,20-,21?,22+,23?/m0/s1. The Hall–Kier alpha value is -1.42. The summed E-state index contributed by atoms with van der Waals surface area (Å²) < 4.78 is 4.68. The van der Waals surface area contributed by atoms with Gasteiger partial charge < -0.3 is 14.9 Å². The normalized spacial score (nSPS) is 27.4. The number of nitrogens with zero attached hydrogens (tertiary/aromatic N) is 1. The first-order valence-electron chi connectivity index (χ1n) is 12.4. The van der Waals surface area contributed by atoms with Crippen LogP contribution in [-0.2, 0) is 14.9 Å². The Morgan fingerprint density at radius 2 is 2.00 bits per heavy atom. The number of aliphatic hydroxyl groups is 2. The summed E-state index contributed by atoms with van der Waals surface area (Å²) >= 11 is 1.75. The molecular weight excluding hydrogens is 422 g/mol. The van der Waals surface area contributed by atoms with E-state index in [1.165, 1.54) is 18.4 Å². The van der Waals surface area contributed by atoms with Crippen LogP contribution in [0.15, 0.2) is 17.5 Å². The molecule has 32 heavy (non-hydrogen) atoms. The summed E-state index contributed by atoms with van der Waals surface area (Å²) in [5.41, 5.74) is -0.0543. The van der Waals surface area contributed by atoms with Gasteiger partial charge in [-0.3, -0.25) is 4.79 Å². The van der Waals surface area contributed by atoms with Gasteiger partial charge in [-0.05, 0) is 68.2 Å². The van der Waals surface area contributed by atoms with Crippen LogP contribution in [0.1, 0.15) is 88.3 Å². The minimum Gasteiger partial charge on any atom is -0.469 e. The van der Waals surface area contributed by atoms with Crippen molar-refractivity contribution in [3.05, 3.63) is 22.4 Å². The van der Waals surface area contributed by atoms with Crippen molar-refractivity contribution in [2.45, 2.75) is 101 Å². The summed E-state index contributed by atoms with van der Waals surface area (Å²) in [6.45, 7) is 0. The summed E-state index contributed by atoms with van der Waals surface area (Å²) in [6, 6.07) is 6.67. The van der Waals surface area contributed by atoms with Gasteiger partial charge in [-0.1, -0.05) is 38.2 Å². The number of hydrogen-bond acceptors (Lipinski definition) is 6. The molecular formula is C26H39NO4S. The molecule has 0 amide bonds. The summed E-state index contributed by atoms with van der Waals surface area (Å²) in [6.07, 6.45) is 11.0. The molecule has 2 N–H and O–H groups in total. The molecule has 2 fully saturated rings. The number of methoxy groups -OCH3 is 1. The van der Waals surface area contributed by atoms with E-state index in [0.29, 0.717) is 12.8 Å². The van der Waals surface area contributed by atoms with Crippen LogP contribution in [0.4, 0.5) is 0 Å². The van der Waals surface area contributed by atoms with Crippen molar-refractivity contribution in [1.82, 2.24) is 0 Å². The van der Waals surface area contributed by atoms with Crippen LogP contribution in [0.3, 0.4) is 0 Å². The summed E-state index contributed by atoms with van der Waals surface area (Å²) in [5, 5.41) is 33.4. The summed E-state index contributed by atoms with van der Waals surface area (Å²) in [4.78, 5) is 12.5. The highest BCUT2D eigenvalue weighted by Crippen LogP contribution is 2.50. The molecule has 6 heteroatoms. The lowest BCUT2D eigenvalue weighted by Gasteiger charge is -2.45. The van der Waals surface area contributed by atoms with Crippen molar-refractivity contribution in [2.75, 3.05) is 7.11 Å². The van der Waals surface area contributed by atoms with E-state index in [4.69, 9.17) is 0 Å². The van der Waals surface area contributed by atoms with E-state index >= 15 is 0 Å². The Labute approximate surface area is 196 Å². The maximum absolute atomic E-state index is 11.2. The van der Waals surface area contributed by atoms with Crippen molar-refractivity contribution in [3.63, 3.8) is 0 Å². The number of hydrogen-bond donors (Lipinski definition) is 2. The van der Waals surface area contributed by atoms with Crippen LogP contribution in [-0.4, -0.2) is 35.5 Å². The largest absolute Gasteiger partial charge is 0.469 e. The molecule has 5 nitrogen and oxygen atoms in total. The van der Waals surface area contributed by atoms with Gasteiger partial charge in [0.25, 0.3) is 0 Å². The van der Waals surface area contributed by atoms with E-state index in [1.807, 2.05) is 0 Å². The maximum Gasteiger partial charge on any atom is 0.305 e. The molecule has 0 radical (unpaired) electrons. The predicted octanol–water partition coefficient (Wildman–Crippen LogP) is 5.35. The van der Waals surface area contributed by atoms with Crippen LogP contribution in [0.25, 0.3) is 0 Å². The van der Waals surface area contributed by atoms with Crippen LogP contribution in [0.5, 0.6) is 0 Å². The molecule has 1 heterocycles. The Balaban J connectivity index is 1.45. The van der Waals surface area contributed by atoms with Crippen molar-refractivity contribution >= 4 is 17.3 Å². The molecule has 0 aliphatic heterocycles. The first-order valence-corrected chi connectivity index (χ1v) is 13.3. The number of thiophene rings is 1. The number of aliphatic hydroxyl groups excluding tert-OH is 2. The molecule has 178 valence electrons. The number of unbranched alkanes of at least 4 members (excludes halogenated alkanes) is 3. The topological polar surface area (TPSA) is 90.6 Å². The Bertz CT molecular complexity index is 740. The molecule has 5 atom stereocenters. The van der Waals surface area contributed by atoms with E-state index in [-0.39, 0.29) is 35.2 Å². The highest BCUT2D eigenvalue weighted by atomic mass is 32.1. The quantitative estimate of drug-likeness (QED) is 0.305. The average Bonchev–Trinajstić information content (AvgIpc) is 3.38. The van der Waals surface area contributed by atoms with Gasteiger partial charge in [0, 0.05) is 16.7 Å². The van der Waals surface area contributed by atoms with Gasteiger partial charge in [-0.2, -0.15) is 5.26 Å². The molecule has 0 aromatic carbocycles. The molecule has 2 aliphatic rings. The van der Waals surface area contributed by atoms with Crippen LogP contribution in [0, 0.1) is 29.1 Å². The van der Waals surface area contributed by atoms with Gasteiger partial charge in [0.2, 0.25) is 0 Å². The fourth-order valence-electron chi connectivity index (χ4n) is 5.96. The van der Waals surface area contributed by atoms with Gasteiger partial charge in [0.15, 0.2) is 0 Å². The number of rotatable bonds is 13. The average molecular weight is 462 g/mol. The second-order valence-corrected chi connectivity index (χ2v) is 10.8. The summed E-state index contributed by atoms with van der Waals surface area (Å²) in [5.74, 6) is 0.168. The minimum atomic E-state index is -0.406. The SMILES string of the molecule is COC(=O)CCCCCC[C@H]1C(C#N)C[C@@H](O)C1CCCC(O)C1(c2cccs2)CCC1. The van der Waals surface area contributed by atoms with E-state index in [1.54, 1.807) is 11.3 Å². The third-order valence-electron chi connectivity index (χ3n) is 8.03. The van der Waals surface area contributed by atoms with Gasteiger partial charge in [-0.15, -0.1) is 11.3 Å². The first-order chi connectivity index (χ1) is 15.5. The van der Waals surface area contributed by atoms with E-state index < -0.39 is 6.10 Å². The zero-order valence-electron chi connectivity index (χ0n) is 19.4. The highest BCUT2D eigenvalue weighted by molar-refractivity contribution is 7.10. The number of ether oxygens (including phenoxy) is 1. The van der Waals surface area contributed by atoms with Crippen molar-refractivity contribution in [2.24, 2.45) is 17.8 Å². The molecule has 3 unspecified atom stereocenters. The van der Waals surface area contributed by atoms with Crippen molar-refractivity contribution in [1.29, 1.82) is 5.26 Å². The van der Waals surface area contributed by atoms with Gasteiger partial charge in [0.05, 0.1) is 31.3 Å². The number of esters is 1. The van der Waals surface area contributed by atoms with Gasteiger partial charge in [-0.25, -0.2) is 0 Å². The molecule has 0 spiro atoms. The number of carbonyl (C=O) groups excluding carboxylic acids is 1. The third-order valence-corrected chi connectivity index (χ3v) is 9.12. The first kappa shape index (κ1) is 25.2. The van der Waals surface area contributed by atoms with Crippen molar-refractivity contribution in [3.8, 4) is 6.07 Å². The van der Waals surface area contributed by atoms with E-state index in [9.17, 15) is 20.3 Å². The molecule has 2 aliphatic carbocycles. The lowest BCUT2D eigenvalue weighted by molar-refractivity contribution is -0.140. The van der Waals surface area contributed by atoms with E-state index in [2.05, 4.69) is 28.3 Å². The fraction of sp³-hybridized carbons (Fsp3) is 0.769. The van der Waals surface area contributed by atoms with Crippen molar-refractivity contribution < 1.29 is 19.7 Å². The maximum atomic E-state index is 11.2.